The Labute approximate surface area is 97.7 Å². The number of hydrogen-bond donors (Lipinski definition) is 0. The van der Waals surface area contributed by atoms with Crippen molar-refractivity contribution >= 4 is 5.78 Å². The maximum Gasteiger partial charge on any atom is 1.00 e. The van der Waals surface area contributed by atoms with E-state index in [-0.39, 0.29) is 81.1 Å². The third-order valence-electron chi connectivity index (χ3n) is 0. The van der Waals surface area contributed by atoms with Crippen LogP contribution in [-0.4, -0.2) is 5.78 Å². The maximum absolute atomic E-state index is 9.44. The Hall–Kier alpha value is 2.04. The first kappa shape index (κ1) is 15.7. The van der Waals surface area contributed by atoms with Crippen molar-refractivity contribution in [1.29, 1.82) is 0 Å². The van der Waals surface area contributed by atoms with E-state index in [4.69, 9.17) is 0 Å². The summed E-state index contributed by atoms with van der Waals surface area (Å²) in [6, 6.07) is 0. The van der Waals surface area contributed by atoms with Gasteiger partial charge in [-0.25, -0.2) is 0 Å². The zero-order valence-electron chi connectivity index (χ0n) is 4.29. The molecule has 0 heterocycles. The normalized spacial score (nSPS) is 4.33. The molecule has 0 amide bonds. The van der Waals surface area contributed by atoms with Gasteiger partial charge in [-0.1, -0.05) is 0 Å². The van der Waals surface area contributed by atoms with Gasteiger partial charge in [0, 0.05) is 0 Å². The second kappa shape index (κ2) is 10.1. The number of rotatable bonds is 0. The smallest absolute Gasteiger partial charge is 1.00 e. The van der Waals surface area contributed by atoms with Crippen LogP contribution in [0.5, 0.6) is 0 Å². The van der Waals surface area contributed by atoms with Gasteiger partial charge < -0.3 is 28.8 Å². The zero-order chi connectivity index (χ0) is 3.58. The molecule has 0 aromatic rings. The minimum atomic E-state index is 0. The number of hydrogen-bond acceptors (Lipinski definition) is 1. The summed E-state index contributed by atoms with van der Waals surface area (Å²) in [5, 5.41) is 0. The minimum absolute atomic E-state index is 0. The molecule has 0 saturated heterocycles. The molecule has 32 valence electrons. The number of Topliss-reactive ketones (excluding diaryl/α,β-unsaturated/α-hetero) is 1. The number of halogens is 1. The maximum atomic E-state index is 9.44. The molecular weight excluding hydrogens is 218 g/mol. The Morgan fingerprint density at radius 3 is 1.33 bits per heavy atom. The summed E-state index contributed by atoms with van der Waals surface area (Å²) in [4.78, 5) is 9.44. The zero-order valence-corrected chi connectivity index (χ0v) is 9.57. The molecule has 0 aliphatic heterocycles. The molecule has 0 unspecified atom stereocenters. The van der Waals surface area contributed by atoms with E-state index in [1.54, 1.807) is 0 Å². The van der Waals surface area contributed by atoms with Crippen LogP contribution in [0.3, 0.4) is 0 Å². The van der Waals surface area contributed by atoms with Crippen molar-refractivity contribution < 1.29 is 80.2 Å². The predicted molar refractivity (Wildman–Crippen MR) is 16.4 cm³/mol. The second-order valence-corrected chi connectivity index (χ2v) is 0.908. The van der Waals surface area contributed by atoms with Gasteiger partial charge in [-0.3, -0.25) is 0 Å². The summed E-state index contributed by atoms with van der Waals surface area (Å²) in [5.74, 6) is 0.167. The Bertz CT molecular complexity index is 33.8. The topological polar surface area (TPSA) is 17.1 Å². The van der Waals surface area contributed by atoms with E-state index in [1.807, 2.05) is 0 Å². The van der Waals surface area contributed by atoms with Crippen molar-refractivity contribution in [2.75, 3.05) is 0 Å². The molecule has 0 aliphatic rings. The predicted octanol–water partition coefficient (Wildman–Crippen LogP) is -5.40. The Morgan fingerprint density at radius 1 is 1.33 bits per heavy atom. The summed E-state index contributed by atoms with van der Waals surface area (Å²) in [6.07, 6.45) is 0. The molecule has 0 aromatic carbocycles. The molecule has 0 radical (unpaired) electrons. The summed E-state index contributed by atoms with van der Waals surface area (Å²) in [6.45, 7) is 3.06. The molecule has 0 saturated carbocycles. The molecular formula is C3H6IKO. The van der Waals surface area contributed by atoms with Gasteiger partial charge in [0.05, 0.1) is 0 Å². The quantitative estimate of drug-likeness (QED) is 0.296. The number of carbonyl (C=O) groups excluding carboxylic acids is 1. The van der Waals surface area contributed by atoms with Gasteiger partial charge in [0.25, 0.3) is 0 Å². The summed E-state index contributed by atoms with van der Waals surface area (Å²) in [7, 11) is 0. The average molecular weight is 224 g/mol. The van der Waals surface area contributed by atoms with Gasteiger partial charge in [0.2, 0.25) is 0 Å². The van der Waals surface area contributed by atoms with E-state index in [0.29, 0.717) is 0 Å². The van der Waals surface area contributed by atoms with E-state index in [9.17, 15) is 4.79 Å². The fourth-order valence-electron chi connectivity index (χ4n) is 0. The van der Waals surface area contributed by atoms with Gasteiger partial charge in [-0.2, -0.15) is 0 Å². The van der Waals surface area contributed by atoms with Gasteiger partial charge in [-0.15, -0.1) is 0 Å². The molecule has 1 nitrogen and oxygen atoms in total. The van der Waals surface area contributed by atoms with Crippen molar-refractivity contribution in [3.63, 3.8) is 0 Å². The van der Waals surface area contributed by atoms with E-state index < -0.39 is 0 Å². The summed E-state index contributed by atoms with van der Waals surface area (Å²) in [5.41, 5.74) is 0. The molecule has 0 aromatic heterocycles. The summed E-state index contributed by atoms with van der Waals surface area (Å²) < 4.78 is 0. The molecule has 0 bridgehead atoms. The molecule has 0 fully saturated rings. The first-order chi connectivity index (χ1) is 1.73. The molecule has 0 atom stereocenters. The number of carbonyl (C=O) groups is 1. The van der Waals surface area contributed by atoms with Crippen molar-refractivity contribution in [3.05, 3.63) is 0 Å². The van der Waals surface area contributed by atoms with Crippen LogP contribution in [0.1, 0.15) is 13.8 Å². The first-order valence-electron chi connectivity index (χ1n) is 1.20. The van der Waals surface area contributed by atoms with Gasteiger partial charge in [0.15, 0.2) is 0 Å². The fourth-order valence-corrected chi connectivity index (χ4v) is 0. The Balaban J connectivity index is -0.0000000450. The second-order valence-electron chi connectivity index (χ2n) is 0.908. The monoisotopic (exact) mass is 224 g/mol. The van der Waals surface area contributed by atoms with E-state index in [0.717, 1.165) is 0 Å². The van der Waals surface area contributed by atoms with Gasteiger partial charge in [0.1, 0.15) is 5.78 Å². The molecule has 6 heavy (non-hydrogen) atoms. The van der Waals surface area contributed by atoms with E-state index in [1.165, 1.54) is 13.8 Å². The number of ketones is 1. The SMILES string of the molecule is CC(C)=O.[I-].[K+]. The first-order valence-corrected chi connectivity index (χ1v) is 1.20. The van der Waals surface area contributed by atoms with Crippen molar-refractivity contribution in [1.82, 2.24) is 0 Å². The van der Waals surface area contributed by atoms with Crippen molar-refractivity contribution in [3.8, 4) is 0 Å². The fraction of sp³-hybridized carbons (Fsp3) is 0.667. The summed E-state index contributed by atoms with van der Waals surface area (Å²) >= 11 is 0. The van der Waals surface area contributed by atoms with E-state index >= 15 is 0 Å². The average Bonchev–Trinajstić information content (AvgIpc) is 0.811. The van der Waals surface area contributed by atoms with Crippen LogP contribution in [0.2, 0.25) is 0 Å². The van der Waals surface area contributed by atoms with Crippen LogP contribution in [0.15, 0.2) is 0 Å². The molecule has 0 N–H and O–H groups in total. The van der Waals surface area contributed by atoms with Gasteiger partial charge in [-0.05, 0) is 13.8 Å². The Kier molecular flexibility index (Phi) is 26.4. The van der Waals surface area contributed by atoms with Crippen LogP contribution >= 0.6 is 0 Å². The van der Waals surface area contributed by atoms with Crippen LogP contribution in [0.4, 0.5) is 0 Å². The molecule has 0 spiro atoms. The third-order valence-corrected chi connectivity index (χ3v) is 0. The third kappa shape index (κ3) is 36.9. The van der Waals surface area contributed by atoms with Crippen molar-refractivity contribution in [2.45, 2.75) is 13.8 Å². The minimum Gasteiger partial charge on any atom is -1.00 e. The largest absolute Gasteiger partial charge is 1.00 e. The van der Waals surface area contributed by atoms with Gasteiger partial charge >= 0.3 is 51.4 Å². The van der Waals surface area contributed by atoms with Crippen LogP contribution in [-0.2, 0) is 4.79 Å². The van der Waals surface area contributed by atoms with E-state index in [2.05, 4.69) is 0 Å². The Morgan fingerprint density at radius 2 is 1.33 bits per heavy atom. The molecule has 3 heteroatoms. The molecule has 0 aliphatic carbocycles. The van der Waals surface area contributed by atoms with Crippen LogP contribution in [0.25, 0.3) is 0 Å². The van der Waals surface area contributed by atoms with Crippen LogP contribution in [0, 0.1) is 0 Å². The molecule has 0 rings (SSSR count). The van der Waals surface area contributed by atoms with Crippen molar-refractivity contribution in [2.24, 2.45) is 0 Å². The standard InChI is InChI=1S/C3H6O.HI.K/c1-3(2)4;;/h1-2H3;1H;/q;;+1/p-1. The van der Waals surface area contributed by atoms with Crippen LogP contribution < -0.4 is 75.4 Å².